The van der Waals surface area contributed by atoms with Gasteiger partial charge in [-0.25, -0.2) is 0 Å². The molecule has 1 aromatic heterocycles. The van der Waals surface area contributed by atoms with Gasteiger partial charge in [-0.1, -0.05) is 0 Å². The first kappa shape index (κ1) is 9.91. The van der Waals surface area contributed by atoms with Crippen molar-refractivity contribution >= 4 is 0 Å². The largest absolute Gasteiger partial charge is 0.482 e. The van der Waals surface area contributed by atoms with Gasteiger partial charge in [-0.2, -0.15) is 13.2 Å². The highest BCUT2D eigenvalue weighted by Crippen LogP contribution is 2.31. The second-order valence-electron chi connectivity index (χ2n) is 2.52. The molecule has 1 aromatic rings. The summed E-state index contributed by atoms with van der Waals surface area (Å²) in [7, 11) is 1.36. The van der Waals surface area contributed by atoms with Crippen LogP contribution in [0.1, 0.15) is 11.6 Å². The molecular formula is C7H9F3N2O. The maximum absolute atomic E-state index is 12.1. The SMILES string of the molecule is COc1cc([C@@H](N)C(F)(F)F)c[nH]1. The molecule has 0 saturated heterocycles. The summed E-state index contributed by atoms with van der Waals surface area (Å²) in [6.07, 6.45) is -3.25. The molecule has 0 amide bonds. The van der Waals surface area contributed by atoms with Gasteiger partial charge in [-0.3, -0.25) is 0 Å². The van der Waals surface area contributed by atoms with E-state index in [4.69, 9.17) is 5.73 Å². The van der Waals surface area contributed by atoms with Gasteiger partial charge in [0, 0.05) is 12.3 Å². The van der Waals surface area contributed by atoms with Crippen molar-refractivity contribution in [1.82, 2.24) is 4.98 Å². The third-order valence-electron chi connectivity index (χ3n) is 1.61. The summed E-state index contributed by atoms with van der Waals surface area (Å²) in [6, 6.07) is -0.745. The second kappa shape index (κ2) is 3.29. The Kier molecular flexibility index (Phi) is 2.51. The average molecular weight is 194 g/mol. The van der Waals surface area contributed by atoms with E-state index in [0.29, 0.717) is 0 Å². The van der Waals surface area contributed by atoms with E-state index in [2.05, 4.69) is 9.72 Å². The van der Waals surface area contributed by atoms with Crippen LogP contribution in [-0.2, 0) is 0 Å². The van der Waals surface area contributed by atoms with Gasteiger partial charge in [0.2, 0.25) is 0 Å². The molecule has 0 aliphatic rings. The van der Waals surface area contributed by atoms with E-state index >= 15 is 0 Å². The number of nitrogens with one attached hydrogen (secondary N) is 1. The van der Waals surface area contributed by atoms with E-state index < -0.39 is 12.2 Å². The van der Waals surface area contributed by atoms with Crippen LogP contribution in [0.3, 0.4) is 0 Å². The summed E-state index contributed by atoms with van der Waals surface area (Å²) >= 11 is 0. The minimum absolute atomic E-state index is 0.0376. The van der Waals surface area contributed by atoms with Crippen LogP contribution >= 0.6 is 0 Å². The summed E-state index contributed by atoms with van der Waals surface area (Å²) < 4.78 is 40.9. The van der Waals surface area contributed by atoms with Crippen molar-refractivity contribution in [3.8, 4) is 5.88 Å². The topological polar surface area (TPSA) is 51.0 Å². The molecule has 74 valence electrons. The number of aromatic nitrogens is 1. The molecule has 0 saturated carbocycles. The average Bonchev–Trinajstić information content (AvgIpc) is 2.48. The third-order valence-corrected chi connectivity index (χ3v) is 1.61. The Labute approximate surface area is 72.7 Å². The smallest absolute Gasteiger partial charge is 0.407 e. The van der Waals surface area contributed by atoms with Gasteiger partial charge < -0.3 is 15.5 Å². The van der Waals surface area contributed by atoms with Crippen molar-refractivity contribution < 1.29 is 17.9 Å². The highest BCUT2D eigenvalue weighted by Gasteiger charge is 2.38. The molecule has 0 radical (unpaired) electrons. The van der Waals surface area contributed by atoms with Crippen LogP contribution < -0.4 is 10.5 Å². The van der Waals surface area contributed by atoms with Crippen LogP contribution in [0.2, 0.25) is 0 Å². The maximum Gasteiger partial charge on any atom is 0.407 e. The fraction of sp³-hybridized carbons (Fsp3) is 0.429. The molecule has 1 rings (SSSR count). The lowest BCUT2D eigenvalue weighted by Crippen LogP contribution is -2.27. The Balaban J connectivity index is 2.83. The van der Waals surface area contributed by atoms with Crippen LogP contribution in [0, 0.1) is 0 Å². The maximum atomic E-state index is 12.1. The van der Waals surface area contributed by atoms with Gasteiger partial charge in [0.1, 0.15) is 6.04 Å². The molecule has 0 bridgehead atoms. The quantitative estimate of drug-likeness (QED) is 0.751. The molecule has 1 heterocycles. The van der Waals surface area contributed by atoms with Crippen molar-refractivity contribution in [3.63, 3.8) is 0 Å². The van der Waals surface area contributed by atoms with E-state index in [1.54, 1.807) is 0 Å². The van der Waals surface area contributed by atoms with E-state index in [9.17, 15) is 13.2 Å². The zero-order valence-corrected chi connectivity index (χ0v) is 6.85. The molecule has 0 aliphatic heterocycles. The van der Waals surface area contributed by atoms with Crippen LogP contribution in [0.15, 0.2) is 12.3 Å². The number of hydrogen-bond donors (Lipinski definition) is 2. The first-order valence-corrected chi connectivity index (χ1v) is 3.49. The number of hydrogen-bond acceptors (Lipinski definition) is 2. The number of alkyl halides is 3. The summed E-state index contributed by atoms with van der Waals surface area (Å²) in [5, 5.41) is 0. The van der Waals surface area contributed by atoms with Gasteiger partial charge in [0.05, 0.1) is 7.11 Å². The minimum atomic E-state index is -4.42. The van der Waals surface area contributed by atoms with Crippen molar-refractivity contribution in [3.05, 3.63) is 17.8 Å². The van der Waals surface area contributed by atoms with E-state index in [1.807, 2.05) is 0 Å². The lowest BCUT2D eigenvalue weighted by molar-refractivity contribution is -0.149. The Hall–Kier alpha value is -1.17. The predicted octanol–water partition coefficient (Wildman–Crippen LogP) is 1.59. The zero-order valence-electron chi connectivity index (χ0n) is 6.85. The highest BCUT2D eigenvalue weighted by atomic mass is 19.4. The molecule has 3 N–H and O–H groups in total. The number of rotatable bonds is 2. The molecule has 1 atom stereocenters. The van der Waals surface area contributed by atoms with Gasteiger partial charge in [0.15, 0.2) is 5.88 Å². The molecule has 0 spiro atoms. The Morgan fingerprint density at radius 1 is 1.54 bits per heavy atom. The first-order valence-electron chi connectivity index (χ1n) is 3.49. The normalized spacial score (nSPS) is 14.2. The highest BCUT2D eigenvalue weighted by molar-refractivity contribution is 5.25. The second-order valence-corrected chi connectivity index (χ2v) is 2.52. The molecule has 13 heavy (non-hydrogen) atoms. The molecular weight excluding hydrogens is 185 g/mol. The molecule has 0 unspecified atom stereocenters. The van der Waals surface area contributed by atoms with Gasteiger partial charge >= 0.3 is 6.18 Å². The van der Waals surface area contributed by atoms with Crippen molar-refractivity contribution in [2.45, 2.75) is 12.2 Å². The third kappa shape index (κ3) is 2.15. The molecule has 0 aromatic carbocycles. The van der Waals surface area contributed by atoms with E-state index in [-0.39, 0.29) is 11.4 Å². The zero-order chi connectivity index (χ0) is 10.1. The lowest BCUT2D eigenvalue weighted by atomic mass is 10.1. The molecule has 3 nitrogen and oxygen atoms in total. The van der Waals surface area contributed by atoms with Crippen LogP contribution in [0.4, 0.5) is 13.2 Å². The standard InChI is InChI=1S/C7H9F3N2O/c1-13-5-2-4(3-12-5)6(11)7(8,9)10/h2-3,6,12H,11H2,1H3/t6-/m1/s1. The summed E-state index contributed by atoms with van der Waals surface area (Å²) in [4.78, 5) is 2.51. The van der Waals surface area contributed by atoms with Crippen molar-refractivity contribution in [2.75, 3.05) is 7.11 Å². The number of H-pyrrole nitrogens is 1. The Bertz CT molecular complexity index is 282. The van der Waals surface area contributed by atoms with Gasteiger partial charge in [-0.05, 0) is 5.56 Å². The number of methoxy groups -OCH3 is 1. The molecule has 6 heteroatoms. The molecule has 0 fully saturated rings. The Morgan fingerprint density at radius 3 is 2.54 bits per heavy atom. The summed E-state index contributed by atoms with van der Waals surface area (Å²) in [5.74, 6) is 0.259. The number of ether oxygens (including phenoxy) is 1. The van der Waals surface area contributed by atoms with E-state index in [1.165, 1.54) is 19.4 Å². The number of nitrogens with two attached hydrogens (primary N) is 1. The fourth-order valence-corrected chi connectivity index (χ4v) is 0.876. The Morgan fingerprint density at radius 2 is 2.15 bits per heavy atom. The fourth-order valence-electron chi connectivity index (χ4n) is 0.876. The summed E-state index contributed by atoms with van der Waals surface area (Å²) in [6.45, 7) is 0. The minimum Gasteiger partial charge on any atom is -0.482 e. The number of aromatic amines is 1. The predicted molar refractivity (Wildman–Crippen MR) is 40.3 cm³/mol. The monoisotopic (exact) mass is 194 g/mol. The van der Waals surface area contributed by atoms with Crippen LogP contribution in [0.25, 0.3) is 0 Å². The van der Waals surface area contributed by atoms with Crippen LogP contribution in [-0.4, -0.2) is 18.3 Å². The van der Waals surface area contributed by atoms with Gasteiger partial charge in [-0.15, -0.1) is 0 Å². The van der Waals surface area contributed by atoms with Crippen molar-refractivity contribution in [2.24, 2.45) is 5.73 Å². The summed E-state index contributed by atoms with van der Waals surface area (Å²) in [5.41, 5.74) is 4.90. The number of halogens is 3. The van der Waals surface area contributed by atoms with Crippen LogP contribution in [0.5, 0.6) is 5.88 Å². The van der Waals surface area contributed by atoms with E-state index in [0.717, 1.165) is 0 Å². The van der Waals surface area contributed by atoms with Crippen molar-refractivity contribution in [1.29, 1.82) is 0 Å². The van der Waals surface area contributed by atoms with Gasteiger partial charge in [0.25, 0.3) is 0 Å². The first-order chi connectivity index (χ1) is 5.95. The molecule has 0 aliphatic carbocycles. The lowest BCUT2D eigenvalue weighted by Gasteiger charge is -2.13.